The smallest absolute Gasteiger partial charge is 0.406 e. The summed E-state index contributed by atoms with van der Waals surface area (Å²) in [4.78, 5) is 4.19. The molecule has 0 spiro atoms. The van der Waals surface area contributed by atoms with Gasteiger partial charge in [-0.15, -0.1) is 13.2 Å². The molecule has 3 rings (SSSR count). The first-order valence-electron chi connectivity index (χ1n) is 6.52. The highest BCUT2D eigenvalue weighted by Gasteiger charge is 2.31. The summed E-state index contributed by atoms with van der Waals surface area (Å²) in [7, 11) is 0. The van der Waals surface area contributed by atoms with Crippen molar-refractivity contribution in [2.45, 2.75) is 24.9 Å². The highest BCUT2D eigenvalue weighted by Crippen LogP contribution is 2.27. The number of aromatic nitrogens is 2. The van der Waals surface area contributed by atoms with Crippen molar-refractivity contribution in [1.82, 2.24) is 15.5 Å². The van der Waals surface area contributed by atoms with Crippen molar-refractivity contribution in [3.63, 3.8) is 0 Å². The second-order valence-corrected chi connectivity index (χ2v) is 4.88. The molecular formula is C13H12F3N3O3. The minimum Gasteiger partial charge on any atom is -0.406 e. The molecule has 0 radical (unpaired) electrons. The highest BCUT2D eigenvalue weighted by atomic mass is 19.4. The zero-order valence-electron chi connectivity index (χ0n) is 11.2. The fraction of sp³-hybridized carbons (Fsp3) is 0.385. The number of ether oxygens (including phenoxy) is 1. The Balaban J connectivity index is 1.73. The Kier molecular flexibility index (Phi) is 3.75. The largest absolute Gasteiger partial charge is 0.573 e. The zero-order chi connectivity index (χ0) is 15.7. The predicted octanol–water partition coefficient (Wildman–Crippen LogP) is 2.03. The van der Waals surface area contributed by atoms with Gasteiger partial charge in [-0.1, -0.05) is 5.16 Å². The molecule has 2 N–H and O–H groups in total. The van der Waals surface area contributed by atoms with Crippen molar-refractivity contribution in [3.8, 4) is 17.1 Å². The van der Waals surface area contributed by atoms with Gasteiger partial charge in [0.25, 0.3) is 0 Å². The van der Waals surface area contributed by atoms with Crippen LogP contribution in [0.4, 0.5) is 13.2 Å². The Morgan fingerprint density at radius 2 is 2.00 bits per heavy atom. The maximum Gasteiger partial charge on any atom is 0.573 e. The fourth-order valence-corrected chi connectivity index (χ4v) is 2.20. The van der Waals surface area contributed by atoms with Crippen molar-refractivity contribution in [2.75, 3.05) is 6.54 Å². The maximum absolute atomic E-state index is 12.1. The van der Waals surface area contributed by atoms with Crippen LogP contribution in [0, 0.1) is 0 Å². The molecule has 22 heavy (non-hydrogen) atoms. The second kappa shape index (κ2) is 5.58. The van der Waals surface area contributed by atoms with Gasteiger partial charge >= 0.3 is 6.36 Å². The van der Waals surface area contributed by atoms with E-state index in [1.165, 1.54) is 24.3 Å². The first-order valence-corrected chi connectivity index (χ1v) is 6.52. The Hall–Kier alpha value is -2.13. The van der Waals surface area contributed by atoms with Crippen LogP contribution in [0.1, 0.15) is 18.4 Å². The average Bonchev–Trinajstić information content (AvgIpc) is 3.06. The number of hydrogen-bond acceptors (Lipinski definition) is 6. The normalized spacial score (nSPS) is 22.0. The summed E-state index contributed by atoms with van der Waals surface area (Å²) in [6, 6.07) is 4.95. The summed E-state index contributed by atoms with van der Waals surface area (Å²) in [5.74, 6) is 0.277. The molecule has 0 aliphatic carbocycles. The molecule has 1 aromatic heterocycles. The van der Waals surface area contributed by atoms with Crippen LogP contribution in [0.3, 0.4) is 0 Å². The molecule has 1 saturated heterocycles. The molecular weight excluding hydrogens is 303 g/mol. The van der Waals surface area contributed by atoms with E-state index in [4.69, 9.17) is 4.52 Å². The van der Waals surface area contributed by atoms with Gasteiger partial charge in [0.1, 0.15) is 5.75 Å². The van der Waals surface area contributed by atoms with Crippen LogP contribution in [0.2, 0.25) is 0 Å². The molecule has 0 amide bonds. The monoisotopic (exact) mass is 315 g/mol. The second-order valence-electron chi connectivity index (χ2n) is 4.88. The molecule has 2 heterocycles. The van der Waals surface area contributed by atoms with E-state index in [2.05, 4.69) is 20.2 Å². The lowest BCUT2D eigenvalue weighted by Gasteiger charge is -2.08. The number of nitrogens with zero attached hydrogens (tertiary/aromatic N) is 2. The van der Waals surface area contributed by atoms with Crippen LogP contribution in [0.25, 0.3) is 11.4 Å². The molecule has 1 aromatic carbocycles. The third kappa shape index (κ3) is 3.37. The van der Waals surface area contributed by atoms with Gasteiger partial charge in [0.2, 0.25) is 11.7 Å². The lowest BCUT2D eigenvalue weighted by atomic mass is 10.2. The molecule has 1 fully saturated rings. The number of hydrogen-bond donors (Lipinski definition) is 2. The number of aliphatic hydroxyl groups is 1. The molecule has 1 aliphatic heterocycles. The average molecular weight is 315 g/mol. The van der Waals surface area contributed by atoms with E-state index in [0.717, 1.165) is 0 Å². The minimum atomic E-state index is -4.73. The van der Waals surface area contributed by atoms with Crippen LogP contribution >= 0.6 is 0 Å². The van der Waals surface area contributed by atoms with Crippen molar-refractivity contribution >= 4 is 0 Å². The van der Waals surface area contributed by atoms with Gasteiger partial charge in [-0.2, -0.15) is 4.98 Å². The van der Waals surface area contributed by atoms with Gasteiger partial charge in [-0.3, -0.25) is 0 Å². The summed E-state index contributed by atoms with van der Waals surface area (Å²) >= 11 is 0. The van der Waals surface area contributed by atoms with E-state index in [-0.39, 0.29) is 17.6 Å². The summed E-state index contributed by atoms with van der Waals surface area (Å²) in [6.07, 6.45) is -4.71. The van der Waals surface area contributed by atoms with Crippen LogP contribution in [-0.4, -0.2) is 34.3 Å². The lowest BCUT2D eigenvalue weighted by Crippen LogP contribution is -2.16. The highest BCUT2D eigenvalue weighted by molar-refractivity contribution is 5.55. The lowest BCUT2D eigenvalue weighted by molar-refractivity contribution is -0.274. The Morgan fingerprint density at radius 3 is 2.59 bits per heavy atom. The number of β-amino-alcohol motifs (C(OH)–C–C–N with tert-alkyl or cyclic N) is 1. The predicted molar refractivity (Wildman–Crippen MR) is 67.8 cm³/mol. The molecule has 2 atom stereocenters. The fourth-order valence-electron chi connectivity index (χ4n) is 2.20. The van der Waals surface area contributed by atoms with E-state index < -0.39 is 12.5 Å². The van der Waals surface area contributed by atoms with Gasteiger partial charge in [-0.05, 0) is 30.7 Å². The first-order chi connectivity index (χ1) is 10.4. The molecule has 2 unspecified atom stereocenters. The molecule has 1 aliphatic rings. The van der Waals surface area contributed by atoms with E-state index in [0.29, 0.717) is 24.4 Å². The molecule has 9 heteroatoms. The van der Waals surface area contributed by atoms with Gasteiger partial charge in [0.05, 0.1) is 12.1 Å². The third-order valence-electron chi connectivity index (χ3n) is 3.19. The third-order valence-corrected chi connectivity index (χ3v) is 3.19. The molecule has 2 aromatic rings. The van der Waals surface area contributed by atoms with E-state index in [1.807, 2.05) is 0 Å². The van der Waals surface area contributed by atoms with Crippen molar-refractivity contribution in [2.24, 2.45) is 0 Å². The van der Waals surface area contributed by atoms with Crippen LogP contribution in [0.15, 0.2) is 28.8 Å². The molecule has 0 bridgehead atoms. The van der Waals surface area contributed by atoms with Gasteiger partial charge in [-0.25, -0.2) is 0 Å². The molecule has 118 valence electrons. The van der Waals surface area contributed by atoms with Gasteiger partial charge < -0.3 is 19.7 Å². The van der Waals surface area contributed by atoms with Crippen LogP contribution in [0.5, 0.6) is 5.75 Å². The molecule has 6 nitrogen and oxygen atoms in total. The maximum atomic E-state index is 12.1. The Morgan fingerprint density at radius 1 is 1.27 bits per heavy atom. The Labute approximate surface area is 122 Å². The summed E-state index contributed by atoms with van der Waals surface area (Å²) in [5.41, 5.74) is 0.503. The van der Waals surface area contributed by atoms with Crippen LogP contribution in [-0.2, 0) is 0 Å². The Bertz CT molecular complexity index is 642. The summed E-state index contributed by atoms with van der Waals surface area (Å²) in [6.45, 7) is 0.450. The standard InChI is InChI=1S/C13H12F3N3O3/c14-13(15,16)21-9-3-1-7(2-4-9)11-18-12(22-19-11)10-5-8(20)6-17-10/h1-4,8,10,17,20H,5-6H2. The number of aliphatic hydroxyl groups excluding tert-OH is 1. The summed E-state index contributed by atoms with van der Waals surface area (Å²) in [5, 5.41) is 16.3. The van der Waals surface area contributed by atoms with Gasteiger partial charge in [0.15, 0.2) is 0 Å². The first kappa shape index (κ1) is 14.8. The quantitative estimate of drug-likeness (QED) is 0.902. The van der Waals surface area contributed by atoms with E-state index in [1.54, 1.807) is 0 Å². The number of rotatable bonds is 3. The van der Waals surface area contributed by atoms with Crippen molar-refractivity contribution in [3.05, 3.63) is 30.2 Å². The van der Waals surface area contributed by atoms with E-state index in [9.17, 15) is 18.3 Å². The summed E-state index contributed by atoms with van der Waals surface area (Å²) < 4.78 is 45.2. The minimum absolute atomic E-state index is 0.218. The number of alkyl halides is 3. The SMILES string of the molecule is OC1CNC(c2nc(-c3ccc(OC(F)(F)F)cc3)no2)C1. The van der Waals surface area contributed by atoms with Crippen molar-refractivity contribution in [1.29, 1.82) is 0 Å². The number of benzene rings is 1. The van der Waals surface area contributed by atoms with E-state index >= 15 is 0 Å². The molecule has 0 saturated carbocycles. The topological polar surface area (TPSA) is 80.4 Å². The van der Waals surface area contributed by atoms with Crippen molar-refractivity contribution < 1.29 is 27.5 Å². The zero-order valence-corrected chi connectivity index (χ0v) is 11.2. The van der Waals surface area contributed by atoms with Gasteiger partial charge in [0, 0.05) is 12.1 Å². The number of nitrogens with one attached hydrogen (secondary N) is 1. The number of halogens is 3. The van der Waals surface area contributed by atoms with Crippen LogP contribution < -0.4 is 10.1 Å².